The van der Waals surface area contributed by atoms with Gasteiger partial charge < -0.3 is 4.23 Å². The van der Waals surface area contributed by atoms with E-state index in [2.05, 4.69) is 4.98 Å². The molecule has 0 N–H and O–H groups in total. The van der Waals surface area contributed by atoms with E-state index in [1.165, 1.54) is 18.7 Å². The molecule has 1 heterocycles. The number of rotatable bonds is 1. The number of nitrogens with zero attached hydrogens (tertiary/aromatic N) is 2. The smallest absolute Gasteiger partial charge is 0.360 e. The highest BCUT2D eigenvalue weighted by Crippen LogP contribution is 2.12. The predicted octanol–water partition coefficient (Wildman–Crippen LogP) is 0.335. The van der Waals surface area contributed by atoms with Gasteiger partial charge in [-0.3, -0.25) is 0 Å². The number of imidazole rings is 1. The van der Waals surface area contributed by atoms with Gasteiger partial charge in [0.1, 0.15) is 0 Å². The predicted molar refractivity (Wildman–Crippen MR) is 32.2 cm³/mol. The molecule has 0 atom stereocenters. The number of alkyl halides is 3. The Hall–Kier alpha value is -0.783. The summed E-state index contributed by atoms with van der Waals surface area (Å²) in [7, 11) is -2.18. The molecule has 0 amide bonds. The minimum absolute atomic E-state index is 1.11. The van der Waals surface area contributed by atoms with Gasteiger partial charge in [0, 0.05) is 12.4 Å². The number of aromatic nitrogens is 2. The summed E-state index contributed by atoms with van der Waals surface area (Å²) in [6.07, 6.45) is 3.87. The van der Waals surface area contributed by atoms with Gasteiger partial charge in [-0.25, -0.2) is 4.98 Å². The lowest BCUT2D eigenvalue weighted by molar-refractivity contribution is -0.0483. The van der Waals surface area contributed by atoms with E-state index in [0.29, 0.717) is 0 Å². The van der Waals surface area contributed by atoms with Gasteiger partial charge in [0.05, 0.1) is 6.33 Å². The van der Waals surface area contributed by atoms with Crippen molar-refractivity contribution in [3.8, 4) is 0 Å². The molecular weight excluding hydrogens is 161 g/mol. The molecule has 0 fully saturated rings. The summed E-state index contributed by atoms with van der Waals surface area (Å²) in [5.74, 6) is -4.01. The van der Waals surface area contributed by atoms with Crippen LogP contribution in [0.15, 0.2) is 18.7 Å². The molecule has 0 aliphatic heterocycles. The highest BCUT2D eigenvalue weighted by Gasteiger charge is 2.28. The Morgan fingerprint density at radius 1 is 1.40 bits per heavy atom. The quantitative estimate of drug-likeness (QED) is 0.550. The second-order valence-corrected chi connectivity index (χ2v) is 3.70. The van der Waals surface area contributed by atoms with Gasteiger partial charge in [-0.15, -0.1) is 0 Å². The normalized spacial score (nSPS) is 13.1. The van der Waals surface area contributed by atoms with E-state index in [4.69, 9.17) is 0 Å². The van der Waals surface area contributed by atoms with Crippen LogP contribution in [0.1, 0.15) is 0 Å². The molecule has 0 unspecified atom stereocenters. The van der Waals surface area contributed by atoms with Crippen LogP contribution in [0.4, 0.5) is 13.2 Å². The van der Waals surface area contributed by atoms with Crippen molar-refractivity contribution in [3.05, 3.63) is 18.7 Å². The molecule has 0 bridgehead atoms. The monoisotopic (exact) mass is 166 g/mol. The number of hydrogen-bond donors (Lipinski definition) is 0. The largest absolute Gasteiger partial charge is 0.376 e. The average molecular weight is 166 g/mol. The van der Waals surface area contributed by atoms with E-state index < -0.39 is 15.5 Å². The molecule has 1 rings (SSSR count). The van der Waals surface area contributed by atoms with Crippen molar-refractivity contribution in [2.24, 2.45) is 0 Å². The summed E-state index contributed by atoms with van der Waals surface area (Å²) in [6, 6.07) is 0. The summed E-state index contributed by atoms with van der Waals surface area (Å²) < 4.78 is 36.0. The van der Waals surface area contributed by atoms with Crippen LogP contribution in [-0.4, -0.2) is 24.7 Å². The number of halogens is 3. The van der Waals surface area contributed by atoms with Crippen LogP contribution in [0.5, 0.6) is 0 Å². The van der Waals surface area contributed by atoms with Crippen LogP contribution in [-0.2, 0) is 0 Å². The Morgan fingerprint density at radius 3 is 2.50 bits per heavy atom. The molecule has 0 aliphatic carbocycles. The van der Waals surface area contributed by atoms with Crippen molar-refractivity contribution in [3.63, 3.8) is 0 Å². The second-order valence-electron chi connectivity index (χ2n) is 1.85. The molecule has 10 heavy (non-hydrogen) atoms. The zero-order valence-corrected chi connectivity index (χ0v) is 6.38. The third-order valence-electron chi connectivity index (χ3n) is 0.921. The van der Waals surface area contributed by atoms with Crippen LogP contribution >= 0.6 is 0 Å². The van der Waals surface area contributed by atoms with Crippen molar-refractivity contribution in [2.75, 3.05) is 0 Å². The van der Waals surface area contributed by atoms with Crippen LogP contribution in [0, 0.1) is 0 Å². The third-order valence-corrected chi connectivity index (χ3v) is 2.02. The molecule has 6 heteroatoms. The first kappa shape index (κ1) is 7.33. The Bertz CT molecular complexity index is 193. The first-order valence-electron chi connectivity index (χ1n) is 2.60. The van der Waals surface area contributed by atoms with Crippen LogP contribution in [0.25, 0.3) is 0 Å². The molecule has 0 saturated heterocycles. The first-order chi connectivity index (χ1) is 4.58. The molecule has 0 saturated carbocycles. The lowest BCUT2D eigenvalue weighted by Gasteiger charge is -2.04. The summed E-state index contributed by atoms with van der Waals surface area (Å²) >= 11 is 0. The van der Waals surface area contributed by atoms with Crippen molar-refractivity contribution in [1.82, 2.24) is 9.22 Å². The van der Waals surface area contributed by atoms with Gasteiger partial charge in [-0.1, -0.05) is 0 Å². The van der Waals surface area contributed by atoms with Crippen LogP contribution < -0.4 is 0 Å². The topological polar surface area (TPSA) is 17.8 Å². The van der Waals surface area contributed by atoms with Crippen molar-refractivity contribution >= 4 is 9.68 Å². The summed E-state index contributed by atoms with van der Waals surface area (Å²) in [5.41, 5.74) is 0. The Labute approximate surface area is 57.6 Å². The maximum atomic E-state index is 11.6. The van der Waals surface area contributed by atoms with E-state index in [1.807, 2.05) is 0 Å². The zero-order valence-electron chi connectivity index (χ0n) is 4.97. The van der Waals surface area contributed by atoms with Crippen molar-refractivity contribution in [1.29, 1.82) is 0 Å². The van der Waals surface area contributed by atoms with Gasteiger partial charge in [-0.2, -0.15) is 13.2 Å². The molecule has 56 valence electrons. The Kier molecular flexibility index (Phi) is 1.79. The molecule has 0 aliphatic rings. The molecule has 1 aromatic rings. The maximum absolute atomic E-state index is 11.6. The fourth-order valence-corrected chi connectivity index (χ4v) is 1.38. The minimum Gasteiger partial charge on any atom is -0.360 e. The van der Waals surface area contributed by atoms with Gasteiger partial charge >= 0.3 is 5.80 Å². The zero-order chi connectivity index (χ0) is 7.61. The SMILES string of the molecule is FC(F)(F)[SiH2]n1ccnc1. The molecule has 0 spiro atoms. The highest BCUT2D eigenvalue weighted by atomic mass is 28.2. The molecule has 2 nitrogen and oxygen atoms in total. The Morgan fingerprint density at radius 2 is 2.10 bits per heavy atom. The third kappa shape index (κ3) is 2.22. The molecule has 1 aromatic heterocycles. The van der Waals surface area contributed by atoms with E-state index >= 15 is 0 Å². The molecule has 0 radical (unpaired) electrons. The van der Waals surface area contributed by atoms with Gasteiger partial charge in [0.15, 0.2) is 0 Å². The van der Waals surface area contributed by atoms with Gasteiger partial charge in [-0.05, 0) is 0 Å². The van der Waals surface area contributed by atoms with E-state index in [-0.39, 0.29) is 0 Å². The minimum atomic E-state index is -4.01. The summed E-state index contributed by atoms with van der Waals surface area (Å²) in [6.45, 7) is 0. The van der Waals surface area contributed by atoms with E-state index in [1.54, 1.807) is 0 Å². The molecule has 0 aromatic carbocycles. The van der Waals surface area contributed by atoms with Gasteiger partial charge in [0.2, 0.25) is 0 Å². The average Bonchev–Trinajstić information content (AvgIpc) is 2.12. The first-order valence-corrected chi connectivity index (χ1v) is 3.94. The van der Waals surface area contributed by atoms with Crippen molar-refractivity contribution in [2.45, 2.75) is 5.80 Å². The summed E-state index contributed by atoms with van der Waals surface area (Å²) in [5, 5.41) is 0. The number of hydrogen-bond acceptors (Lipinski definition) is 1. The fourth-order valence-electron chi connectivity index (χ4n) is 0.587. The molecular formula is C4H5F3N2Si. The second kappa shape index (κ2) is 2.45. The van der Waals surface area contributed by atoms with Crippen LogP contribution in [0.3, 0.4) is 0 Å². The fraction of sp³-hybridized carbons (Fsp3) is 0.250. The standard InChI is InChI=1S/C4H5F3N2Si/c5-4(6,7)10-9-2-1-8-3-9/h1-3H,10H2. The lowest BCUT2D eigenvalue weighted by atomic mass is 11.0. The maximum Gasteiger partial charge on any atom is 0.376 e. The Balaban J connectivity index is 2.57. The van der Waals surface area contributed by atoms with Crippen molar-refractivity contribution < 1.29 is 13.2 Å². The lowest BCUT2D eigenvalue weighted by Crippen LogP contribution is -2.24. The van der Waals surface area contributed by atoms with E-state index in [9.17, 15) is 13.2 Å². The van der Waals surface area contributed by atoms with Crippen LogP contribution in [0.2, 0.25) is 0 Å². The highest BCUT2D eigenvalue weighted by molar-refractivity contribution is 6.36. The van der Waals surface area contributed by atoms with Gasteiger partial charge in [0.25, 0.3) is 9.68 Å². The van der Waals surface area contributed by atoms with E-state index in [0.717, 1.165) is 4.23 Å². The summed E-state index contributed by atoms with van der Waals surface area (Å²) in [4.78, 5) is 3.50.